The summed E-state index contributed by atoms with van der Waals surface area (Å²) in [7, 11) is 0. The molecule has 0 radical (unpaired) electrons. The normalized spacial score (nSPS) is 12.5. The average molecular weight is 655 g/mol. The zero-order valence-electron chi connectivity index (χ0n) is 22.6. The number of halogens is 11. The number of rotatable bonds is 8. The van der Waals surface area contributed by atoms with Crippen molar-refractivity contribution in [3.05, 3.63) is 94.3 Å². The van der Waals surface area contributed by atoms with E-state index in [0.717, 1.165) is 23.1 Å². The Kier molecular flexibility index (Phi) is 9.55. The molecule has 0 atom stereocenters. The molecular weight excluding hydrogens is 635 g/mol. The van der Waals surface area contributed by atoms with Crippen LogP contribution in [0.25, 0.3) is 0 Å². The lowest BCUT2D eigenvalue weighted by atomic mass is 9.90. The van der Waals surface area contributed by atoms with Gasteiger partial charge >= 0.3 is 24.2 Å². The quantitative estimate of drug-likeness (QED) is 0.251. The van der Waals surface area contributed by atoms with Crippen molar-refractivity contribution in [1.82, 2.24) is 0 Å². The van der Waals surface area contributed by atoms with Crippen LogP contribution in [-0.2, 0) is 16.6 Å². The minimum Gasteiger partial charge on any atom is -0.370 e. The molecule has 0 spiro atoms. The molecule has 17 heteroatoms. The van der Waals surface area contributed by atoms with Crippen LogP contribution in [0.15, 0.2) is 60.7 Å². The van der Waals surface area contributed by atoms with Gasteiger partial charge in [-0.2, -0.15) is 39.5 Å². The molecule has 0 aliphatic heterocycles. The van der Waals surface area contributed by atoms with Crippen LogP contribution in [0.1, 0.15) is 43.8 Å². The van der Waals surface area contributed by atoms with Crippen LogP contribution in [0.3, 0.4) is 0 Å². The van der Waals surface area contributed by atoms with E-state index in [9.17, 15) is 58.3 Å². The zero-order chi connectivity index (χ0) is 34.1. The molecule has 0 unspecified atom stereocenters. The molecule has 242 valence electrons. The summed E-state index contributed by atoms with van der Waals surface area (Å²) >= 11 is 0. The fourth-order valence-electron chi connectivity index (χ4n) is 4.24. The van der Waals surface area contributed by atoms with Crippen molar-refractivity contribution in [2.75, 3.05) is 16.8 Å². The lowest BCUT2D eigenvalue weighted by Crippen LogP contribution is -2.50. The third-order valence-electron chi connectivity index (χ3n) is 6.42. The summed E-state index contributed by atoms with van der Waals surface area (Å²) in [6.45, 7) is 0.0611. The van der Waals surface area contributed by atoms with Crippen molar-refractivity contribution in [1.29, 1.82) is 0 Å². The highest BCUT2D eigenvalue weighted by Crippen LogP contribution is 2.54. The SMILES string of the molecule is Cc1cc(C(F)(C(F)(F)F)C(F)(F)F)cc(C(F)(F)F)c1NC(=O)c1cccc(N(CCC(N)=O)C(=O)c2ccccc2)c1F. The molecule has 3 rings (SSSR count). The third kappa shape index (κ3) is 7.01. The summed E-state index contributed by atoms with van der Waals surface area (Å²) < 4.78 is 151. The van der Waals surface area contributed by atoms with E-state index in [0.29, 0.717) is 6.92 Å². The van der Waals surface area contributed by atoms with Gasteiger partial charge in [0.2, 0.25) is 5.91 Å². The first-order valence-corrected chi connectivity index (χ1v) is 12.4. The number of carbonyl (C=O) groups excluding carboxylic acids is 3. The molecule has 0 aromatic heterocycles. The molecule has 0 aliphatic rings. The Morgan fingerprint density at radius 2 is 1.40 bits per heavy atom. The van der Waals surface area contributed by atoms with E-state index >= 15 is 4.39 Å². The van der Waals surface area contributed by atoms with Crippen molar-refractivity contribution in [3.63, 3.8) is 0 Å². The van der Waals surface area contributed by atoms with Crippen molar-refractivity contribution in [2.45, 2.75) is 37.5 Å². The summed E-state index contributed by atoms with van der Waals surface area (Å²) in [6, 6.07) is 8.97. The lowest BCUT2D eigenvalue weighted by Gasteiger charge is -2.31. The Balaban J connectivity index is 2.13. The van der Waals surface area contributed by atoms with Crippen molar-refractivity contribution >= 4 is 29.1 Å². The number of aryl methyl sites for hydroxylation is 1. The summed E-state index contributed by atoms with van der Waals surface area (Å²) in [4.78, 5) is 38.3. The number of nitrogens with zero attached hydrogens (tertiary/aromatic N) is 1. The molecule has 0 saturated heterocycles. The van der Waals surface area contributed by atoms with Crippen LogP contribution in [0, 0.1) is 12.7 Å². The van der Waals surface area contributed by atoms with E-state index in [1.807, 2.05) is 0 Å². The highest BCUT2D eigenvalue weighted by atomic mass is 19.4. The van der Waals surface area contributed by atoms with Gasteiger partial charge in [0.25, 0.3) is 11.8 Å². The predicted octanol–water partition coefficient (Wildman–Crippen LogP) is 7.22. The Bertz CT molecular complexity index is 1590. The largest absolute Gasteiger partial charge is 0.435 e. The van der Waals surface area contributed by atoms with Crippen molar-refractivity contribution in [3.8, 4) is 0 Å². The van der Waals surface area contributed by atoms with Gasteiger partial charge < -0.3 is 16.0 Å². The minimum atomic E-state index is -6.73. The highest BCUT2D eigenvalue weighted by Gasteiger charge is 2.73. The van der Waals surface area contributed by atoms with Gasteiger partial charge in [-0.05, 0) is 42.8 Å². The van der Waals surface area contributed by atoms with Crippen LogP contribution in [-0.4, -0.2) is 36.6 Å². The van der Waals surface area contributed by atoms with Crippen LogP contribution >= 0.6 is 0 Å². The second kappa shape index (κ2) is 12.4. The van der Waals surface area contributed by atoms with Gasteiger partial charge in [0.1, 0.15) is 0 Å². The number of hydrogen-bond donors (Lipinski definition) is 2. The number of amides is 3. The Morgan fingerprint density at radius 3 is 1.91 bits per heavy atom. The summed E-state index contributed by atoms with van der Waals surface area (Å²) in [5.74, 6) is -4.94. The van der Waals surface area contributed by atoms with E-state index in [-0.39, 0.29) is 11.6 Å². The van der Waals surface area contributed by atoms with Gasteiger partial charge in [0.15, 0.2) is 5.82 Å². The highest BCUT2D eigenvalue weighted by molar-refractivity contribution is 6.09. The minimum absolute atomic E-state index is 0.00316. The van der Waals surface area contributed by atoms with Gasteiger partial charge in [-0.25, -0.2) is 8.78 Å². The molecule has 3 aromatic rings. The van der Waals surface area contributed by atoms with Crippen LogP contribution in [0.5, 0.6) is 0 Å². The number of nitrogens with one attached hydrogen (secondary N) is 1. The fraction of sp³-hybridized carbons (Fsp3) is 0.250. The smallest absolute Gasteiger partial charge is 0.370 e. The Hall–Kier alpha value is -4.70. The number of benzene rings is 3. The number of nitrogens with two attached hydrogens (primary N) is 1. The topological polar surface area (TPSA) is 92.5 Å². The molecular formula is C28H20F11N3O3. The van der Waals surface area contributed by atoms with Gasteiger partial charge in [0, 0.05) is 24.1 Å². The third-order valence-corrected chi connectivity index (χ3v) is 6.42. The van der Waals surface area contributed by atoms with Crippen LogP contribution in [0.4, 0.5) is 59.7 Å². The van der Waals surface area contributed by atoms with Crippen LogP contribution < -0.4 is 16.0 Å². The maximum Gasteiger partial charge on any atom is 0.435 e. The number of anilines is 2. The molecule has 3 aromatic carbocycles. The first-order chi connectivity index (χ1) is 20.6. The fourth-order valence-corrected chi connectivity index (χ4v) is 4.24. The average Bonchev–Trinajstić information content (AvgIpc) is 2.92. The number of primary amides is 1. The molecule has 0 bridgehead atoms. The second-order valence-corrected chi connectivity index (χ2v) is 9.50. The Morgan fingerprint density at radius 1 is 0.822 bits per heavy atom. The molecule has 6 nitrogen and oxygen atoms in total. The maximum atomic E-state index is 15.7. The molecule has 0 heterocycles. The summed E-state index contributed by atoms with van der Waals surface area (Å²) in [5.41, 5.74) is -9.94. The predicted molar refractivity (Wildman–Crippen MR) is 137 cm³/mol. The summed E-state index contributed by atoms with van der Waals surface area (Å²) in [5, 5.41) is 1.61. The van der Waals surface area contributed by atoms with E-state index in [2.05, 4.69) is 0 Å². The number of carbonyl (C=O) groups is 3. The molecule has 0 fully saturated rings. The van der Waals surface area contributed by atoms with Gasteiger partial charge in [-0.3, -0.25) is 14.4 Å². The van der Waals surface area contributed by atoms with E-state index < -0.39 is 100 Å². The van der Waals surface area contributed by atoms with Crippen molar-refractivity contribution in [2.24, 2.45) is 5.73 Å². The molecule has 45 heavy (non-hydrogen) atoms. The van der Waals surface area contributed by atoms with E-state index in [1.54, 1.807) is 11.4 Å². The lowest BCUT2D eigenvalue weighted by molar-refractivity contribution is -0.348. The zero-order valence-corrected chi connectivity index (χ0v) is 22.6. The molecule has 3 N–H and O–H groups in total. The van der Waals surface area contributed by atoms with Crippen molar-refractivity contribution < 1.29 is 62.7 Å². The van der Waals surface area contributed by atoms with Crippen LogP contribution in [0.2, 0.25) is 0 Å². The van der Waals surface area contributed by atoms with E-state index in [1.165, 1.54) is 24.3 Å². The number of alkyl halides is 10. The summed E-state index contributed by atoms with van der Waals surface area (Å²) in [6.07, 6.45) is -19.7. The maximum absolute atomic E-state index is 15.7. The first kappa shape index (κ1) is 34.8. The standard InChI is InChI=1S/C28H20F11N3O3/c1-14-12-16(25(30,27(34,35)36)28(37,38)39)13-18(26(31,32)33)22(14)41-23(44)17-8-5-9-19(21(17)29)42(11-10-20(40)43)24(45)15-6-3-2-4-7-15/h2-9,12-13H,10-11H2,1H3,(H2,40,43)(H,41,44). The van der Waals surface area contributed by atoms with Gasteiger partial charge in [-0.15, -0.1) is 0 Å². The van der Waals surface area contributed by atoms with Gasteiger partial charge in [-0.1, -0.05) is 30.3 Å². The molecule has 0 saturated carbocycles. The monoisotopic (exact) mass is 655 g/mol. The molecule has 0 aliphatic carbocycles. The van der Waals surface area contributed by atoms with Gasteiger partial charge in [0.05, 0.1) is 22.5 Å². The van der Waals surface area contributed by atoms with E-state index in [4.69, 9.17) is 5.73 Å². The number of hydrogen-bond acceptors (Lipinski definition) is 3. The second-order valence-electron chi connectivity index (χ2n) is 9.50. The molecule has 3 amide bonds. The first-order valence-electron chi connectivity index (χ1n) is 12.4. The Labute approximate surface area is 246 Å².